The van der Waals surface area contributed by atoms with Crippen LogP contribution in [0.3, 0.4) is 0 Å². The number of aliphatic carboxylic acids is 4. The smallest absolute Gasteiger partial charge is 0.308 e. The van der Waals surface area contributed by atoms with Crippen molar-refractivity contribution < 1.29 is 39.6 Å². The first kappa shape index (κ1) is 17.0. The van der Waals surface area contributed by atoms with Crippen LogP contribution < -0.4 is 0 Å². The van der Waals surface area contributed by atoms with Crippen molar-refractivity contribution >= 4 is 36.3 Å². The van der Waals surface area contributed by atoms with Crippen LogP contribution >= 0.6 is 12.4 Å². The molecule has 0 aromatic carbocycles. The summed E-state index contributed by atoms with van der Waals surface area (Å²) in [7, 11) is 0. The minimum Gasteiger partial charge on any atom is -0.481 e. The average Bonchev–Trinajstić information content (AvgIpc) is 2.36. The molecule has 21 heavy (non-hydrogen) atoms. The number of fused-ring (bicyclic) bond motifs is 2. The predicted molar refractivity (Wildman–Crippen MR) is 67.9 cm³/mol. The molecule has 0 heterocycles. The van der Waals surface area contributed by atoms with Crippen LogP contribution in [0.25, 0.3) is 0 Å². The van der Waals surface area contributed by atoms with Crippen molar-refractivity contribution in [3.8, 4) is 0 Å². The van der Waals surface area contributed by atoms with Gasteiger partial charge in [0.2, 0.25) is 0 Å². The Hall–Kier alpha value is -2.09. The number of carbonyl (C=O) groups is 4. The van der Waals surface area contributed by atoms with Gasteiger partial charge in [-0.2, -0.15) is 0 Å². The highest BCUT2D eigenvalue weighted by atomic mass is 35.5. The van der Waals surface area contributed by atoms with Crippen LogP contribution in [0.2, 0.25) is 0 Å². The zero-order valence-corrected chi connectivity index (χ0v) is 11.3. The Balaban J connectivity index is 0.00000220. The van der Waals surface area contributed by atoms with Crippen LogP contribution in [-0.4, -0.2) is 44.3 Å². The van der Waals surface area contributed by atoms with E-state index in [9.17, 15) is 19.2 Å². The van der Waals surface area contributed by atoms with Crippen LogP contribution in [0.5, 0.6) is 0 Å². The molecule has 116 valence electrons. The predicted octanol–water partition coefficient (Wildman–Crippen LogP) is 0.0272. The number of carboxylic acid groups (broad SMARTS) is 4. The van der Waals surface area contributed by atoms with Gasteiger partial charge >= 0.3 is 23.9 Å². The average molecular weight is 321 g/mol. The van der Waals surface area contributed by atoms with Gasteiger partial charge in [-0.15, -0.1) is 12.4 Å². The molecular formula is C12H13ClO8. The molecule has 3 aliphatic carbocycles. The standard InChI is InChI=1S/C12H12O8.ClH/c13-9(14)5-3-1-2-4(7(5)11(17)18)8(12(19)20)6(3)10(15)16;/h1-8H,(H,13,14)(H,15,16)(H,17,18)(H,19,20);1H. The molecule has 1 fully saturated rings. The van der Waals surface area contributed by atoms with E-state index < -0.39 is 59.4 Å². The largest absolute Gasteiger partial charge is 0.481 e. The Labute approximate surface area is 124 Å². The SMILES string of the molecule is Cl.O=C(O)C1C2C=CC(C1C(=O)O)C(C(=O)O)C2C(=O)O. The summed E-state index contributed by atoms with van der Waals surface area (Å²) in [5, 5.41) is 36.7. The minimum absolute atomic E-state index is 0. The number of hydrogen-bond donors (Lipinski definition) is 4. The van der Waals surface area contributed by atoms with Crippen LogP contribution in [0.4, 0.5) is 0 Å². The van der Waals surface area contributed by atoms with Crippen molar-refractivity contribution in [1.82, 2.24) is 0 Å². The molecule has 9 heteroatoms. The molecule has 0 aromatic rings. The van der Waals surface area contributed by atoms with Gasteiger partial charge in [-0.3, -0.25) is 19.2 Å². The Bertz CT molecular complexity index is 441. The van der Waals surface area contributed by atoms with E-state index >= 15 is 0 Å². The third-order valence-electron chi connectivity index (χ3n) is 4.13. The highest BCUT2D eigenvalue weighted by Crippen LogP contribution is 2.51. The van der Waals surface area contributed by atoms with Gasteiger partial charge in [0.05, 0.1) is 23.7 Å². The minimum atomic E-state index is -1.43. The molecule has 0 aromatic heterocycles. The number of carboxylic acids is 4. The van der Waals surface area contributed by atoms with Crippen molar-refractivity contribution in [2.75, 3.05) is 0 Å². The summed E-state index contributed by atoms with van der Waals surface area (Å²) in [6, 6.07) is 0. The summed E-state index contributed by atoms with van der Waals surface area (Å²) >= 11 is 0. The maximum absolute atomic E-state index is 11.3. The Morgan fingerprint density at radius 2 is 0.762 bits per heavy atom. The second-order valence-corrected chi connectivity index (χ2v) is 5.00. The first-order valence-electron chi connectivity index (χ1n) is 5.87. The fraction of sp³-hybridized carbons (Fsp3) is 0.500. The van der Waals surface area contributed by atoms with E-state index in [1.54, 1.807) is 0 Å². The molecule has 0 saturated heterocycles. The first-order chi connectivity index (χ1) is 9.27. The fourth-order valence-corrected chi connectivity index (χ4v) is 3.41. The van der Waals surface area contributed by atoms with Crippen molar-refractivity contribution in [2.24, 2.45) is 35.5 Å². The van der Waals surface area contributed by atoms with E-state index in [0.29, 0.717) is 0 Å². The quantitative estimate of drug-likeness (QED) is 0.530. The highest BCUT2D eigenvalue weighted by molar-refractivity contribution is 5.88. The molecule has 1 saturated carbocycles. The van der Waals surface area contributed by atoms with E-state index in [1.165, 1.54) is 12.2 Å². The number of halogens is 1. The zero-order chi connectivity index (χ0) is 15.2. The van der Waals surface area contributed by atoms with Crippen molar-refractivity contribution in [2.45, 2.75) is 0 Å². The summed E-state index contributed by atoms with van der Waals surface area (Å²) in [6.07, 6.45) is 2.64. The zero-order valence-electron chi connectivity index (χ0n) is 10.4. The van der Waals surface area contributed by atoms with Gasteiger partial charge in [-0.25, -0.2) is 0 Å². The molecule has 4 N–H and O–H groups in total. The van der Waals surface area contributed by atoms with E-state index in [4.69, 9.17) is 20.4 Å². The van der Waals surface area contributed by atoms with Gasteiger partial charge in [0.15, 0.2) is 0 Å². The second-order valence-electron chi connectivity index (χ2n) is 5.00. The molecule has 8 nitrogen and oxygen atoms in total. The van der Waals surface area contributed by atoms with Crippen molar-refractivity contribution in [3.63, 3.8) is 0 Å². The number of hydrogen-bond acceptors (Lipinski definition) is 4. The highest BCUT2D eigenvalue weighted by Gasteiger charge is 2.61. The second kappa shape index (κ2) is 5.72. The lowest BCUT2D eigenvalue weighted by atomic mass is 9.53. The third-order valence-corrected chi connectivity index (χ3v) is 4.13. The normalized spacial score (nSPS) is 36.6. The Kier molecular flexibility index (Phi) is 4.62. The fourth-order valence-electron chi connectivity index (χ4n) is 3.41. The number of allylic oxidation sites excluding steroid dienone is 2. The van der Waals surface area contributed by atoms with Crippen molar-refractivity contribution in [3.05, 3.63) is 12.2 Å². The maximum Gasteiger partial charge on any atom is 0.308 e. The summed E-state index contributed by atoms with van der Waals surface area (Å²) < 4.78 is 0. The molecule has 0 aliphatic heterocycles. The van der Waals surface area contributed by atoms with E-state index in [2.05, 4.69) is 0 Å². The molecule has 3 aliphatic rings. The lowest BCUT2D eigenvalue weighted by molar-refractivity contribution is -0.178. The van der Waals surface area contributed by atoms with Gasteiger partial charge < -0.3 is 20.4 Å². The number of rotatable bonds is 4. The van der Waals surface area contributed by atoms with Gasteiger partial charge in [0.1, 0.15) is 0 Å². The molecule has 4 atom stereocenters. The lowest BCUT2D eigenvalue weighted by Crippen LogP contribution is -2.57. The monoisotopic (exact) mass is 320 g/mol. The molecule has 3 rings (SSSR count). The van der Waals surface area contributed by atoms with E-state index in [0.717, 1.165) is 0 Å². The van der Waals surface area contributed by atoms with E-state index in [1.807, 2.05) is 0 Å². The van der Waals surface area contributed by atoms with Gasteiger partial charge in [-0.1, -0.05) is 12.2 Å². The summed E-state index contributed by atoms with van der Waals surface area (Å²) in [6.45, 7) is 0. The van der Waals surface area contributed by atoms with Crippen LogP contribution in [0.15, 0.2) is 12.2 Å². The summed E-state index contributed by atoms with van der Waals surface area (Å²) in [5.74, 6) is -13.7. The molecular weight excluding hydrogens is 308 g/mol. The van der Waals surface area contributed by atoms with Crippen LogP contribution in [0, 0.1) is 35.5 Å². The summed E-state index contributed by atoms with van der Waals surface area (Å²) in [5.41, 5.74) is 0. The maximum atomic E-state index is 11.3. The lowest BCUT2D eigenvalue weighted by Gasteiger charge is -2.47. The van der Waals surface area contributed by atoms with Crippen molar-refractivity contribution in [1.29, 1.82) is 0 Å². The molecule has 0 radical (unpaired) electrons. The molecule has 4 unspecified atom stereocenters. The Morgan fingerprint density at radius 3 is 0.905 bits per heavy atom. The Morgan fingerprint density at radius 1 is 0.571 bits per heavy atom. The van der Waals surface area contributed by atoms with Gasteiger partial charge in [0, 0.05) is 11.8 Å². The first-order valence-corrected chi connectivity index (χ1v) is 5.87. The molecule has 0 spiro atoms. The third kappa shape index (κ3) is 2.46. The van der Waals surface area contributed by atoms with Crippen LogP contribution in [-0.2, 0) is 19.2 Å². The van der Waals surface area contributed by atoms with Gasteiger partial charge in [-0.05, 0) is 0 Å². The molecule has 0 amide bonds. The summed E-state index contributed by atoms with van der Waals surface area (Å²) in [4.78, 5) is 45.1. The van der Waals surface area contributed by atoms with Crippen LogP contribution in [0.1, 0.15) is 0 Å². The van der Waals surface area contributed by atoms with Gasteiger partial charge in [0.25, 0.3) is 0 Å². The molecule has 2 bridgehead atoms. The topological polar surface area (TPSA) is 149 Å². The van der Waals surface area contributed by atoms with E-state index in [-0.39, 0.29) is 12.4 Å².